The van der Waals surface area contributed by atoms with E-state index in [0.29, 0.717) is 6.42 Å². The molecule has 154 valence electrons. The lowest BCUT2D eigenvalue weighted by atomic mass is 9.85. The van der Waals surface area contributed by atoms with Crippen LogP contribution >= 0.6 is 27.3 Å². The first-order chi connectivity index (χ1) is 13.2. The zero-order valence-corrected chi connectivity index (χ0v) is 17.6. The van der Waals surface area contributed by atoms with E-state index in [4.69, 9.17) is 16.6 Å². The van der Waals surface area contributed by atoms with Gasteiger partial charge in [0, 0.05) is 20.6 Å². The number of nitrogens with one attached hydrogen (secondary N) is 2. The standard InChI is InChI=1S/C17H24BrN5O4S/c18-10-5-13(28-8-10)12(6-15(25)26)23-14(24)7-21-16(27)9-2-1-3-11(4-9)22-17(19)20/h5,8-9,11-12H,1-4,6-7H2,(H,21,27)(H,23,24)(H,25,26)(H4,19,20,22). The number of carbonyl (C=O) groups excluding carboxylic acids is 2. The fraction of sp³-hybridized carbons (Fsp3) is 0.529. The van der Waals surface area contributed by atoms with Gasteiger partial charge in [-0.2, -0.15) is 0 Å². The largest absolute Gasteiger partial charge is 0.481 e. The third-order valence-electron chi connectivity index (χ3n) is 4.42. The summed E-state index contributed by atoms with van der Waals surface area (Å²) in [6, 6.07) is 1.03. The minimum Gasteiger partial charge on any atom is -0.481 e. The Bertz CT molecular complexity index is 750. The van der Waals surface area contributed by atoms with Crippen molar-refractivity contribution in [1.82, 2.24) is 10.6 Å². The SMILES string of the molecule is NC(N)=NC1CCCC(C(=O)NCC(=O)NC(CC(=O)O)c2cc(Br)cs2)C1. The average Bonchev–Trinajstić information content (AvgIpc) is 3.05. The third-order valence-corrected chi connectivity index (χ3v) is 6.22. The summed E-state index contributed by atoms with van der Waals surface area (Å²) in [6.45, 7) is -0.217. The van der Waals surface area contributed by atoms with Crippen molar-refractivity contribution >= 4 is 51.0 Å². The number of guanidine groups is 1. The average molecular weight is 474 g/mol. The molecule has 2 rings (SSSR count). The van der Waals surface area contributed by atoms with E-state index in [0.717, 1.165) is 28.6 Å². The van der Waals surface area contributed by atoms with Crippen LogP contribution in [0.2, 0.25) is 0 Å². The smallest absolute Gasteiger partial charge is 0.305 e. The zero-order valence-electron chi connectivity index (χ0n) is 15.2. The first-order valence-corrected chi connectivity index (χ1v) is 10.5. The zero-order chi connectivity index (χ0) is 20.7. The van der Waals surface area contributed by atoms with Crippen LogP contribution in [0.3, 0.4) is 0 Å². The highest BCUT2D eigenvalue weighted by Gasteiger charge is 2.27. The molecule has 0 aliphatic heterocycles. The molecule has 1 aliphatic rings. The maximum atomic E-state index is 12.4. The Balaban J connectivity index is 1.86. The summed E-state index contributed by atoms with van der Waals surface area (Å²) in [6.07, 6.45) is 2.68. The highest BCUT2D eigenvalue weighted by molar-refractivity contribution is 9.10. The van der Waals surface area contributed by atoms with Gasteiger partial charge in [-0.3, -0.25) is 19.4 Å². The molecule has 1 fully saturated rings. The molecule has 7 N–H and O–H groups in total. The molecule has 1 aromatic rings. The minimum absolute atomic E-state index is 0.00937. The molecule has 0 saturated heterocycles. The number of hydrogen-bond acceptors (Lipinski definition) is 5. The summed E-state index contributed by atoms with van der Waals surface area (Å²) in [7, 11) is 0. The third kappa shape index (κ3) is 7.12. The number of nitrogens with zero attached hydrogens (tertiary/aromatic N) is 1. The van der Waals surface area contributed by atoms with E-state index < -0.39 is 17.9 Å². The number of thiophene rings is 1. The molecule has 1 heterocycles. The van der Waals surface area contributed by atoms with Crippen LogP contribution in [0.5, 0.6) is 0 Å². The predicted octanol–water partition coefficient (Wildman–Crippen LogP) is 1.09. The van der Waals surface area contributed by atoms with Gasteiger partial charge < -0.3 is 27.2 Å². The van der Waals surface area contributed by atoms with Crippen LogP contribution in [0.1, 0.15) is 43.0 Å². The lowest BCUT2D eigenvalue weighted by molar-refractivity contribution is -0.138. The van der Waals surface area contributed by atoms with Crippen LogP contribution in [0.15, 0.2) is 20.9 Å². The Morgan fingerprint density at radius 1 is 1.36 bits per heavy atom. The summed E-state index contributed by atoms with van der Waals surface area (Å²) in [4.78, 5) is 40.5. The number of hydrogen-bond donors (Lipinski definition) is 5. The van der Waals surface area contributed by atoms with Gasteiger partial charge in [-0.25, -0.2) is 0 Å². The van der Waals surface area contributed by atoms with Crippen molar-refractivity contribution in [2.45, 2.75) is 44.2 Å². The molecule has 1 aromatic heterocycles. The van der Waals surface area contributed by atoms with Gasteiger partial charge in [0.15, 0.2) is 5.96 Å². The molecular weight excluding hydrogens is 450 g/mol. The maximum Gasteiger partial charge on any atom is 0.305 e. The number of amides is 2. The fourth-order valence-corrected chi connectivity index (χ4v) is 4.69. The van der Waals surface area contributed by atoms with E-state index in [1.54, 1.807) is 6.07 Å². The van der Waals surface area contributed by atoms with Crippen LogP contribution in [-0.4, -0.2) is 41.4 Å². The summed E-state index contributed by atoms with van der Waals surface area (Å²) < 4.78 is 0.818. The van der Waals surface area contributed by atoms with Crippen LogP contribution in [0.25, 0.3) is 0 Å². The second-order valence-electron chi connectivity index (χ2n) is 6.67. The maximum absolute atomic E-state index is 12.4. The molecule has 1 saturated carbocycles. The molecule has 0 radical (unpaired) electrons. The summed E-state index contributed by atoms with van der Waals surface area (Å²) >= 11 is 4.66. The van der Waals surface area contributed by atoms with E-state index in [9.17, 15) is 14.4 Å². The van der Waals surface area contributed by atoms with Crippen molar-refractivity contribution in [3.8, 4) is 0 Å². The second-order valence-corrected chi connectivity index (χ2v) is 8.53. The Hall–Kier alpha value is -2.14. The number of nitrogens with two attached hydrogens (primary N) is 2. The summed E-state index contributed by atoms with van der Waals surface area (Å²) in [5.41, 5.74) is 10.8. The monoisotopic (exact) mass is 473 g/mol. The normalized spacial score (nSPS) is 20.0. The van der Waals surface area contributed by atoms with Crippen LogP contribution in [0, 0.1) is 5.92 Å². The summed E-state index contributed by atoms with van der Waals surface area (Å²) in [5, 5.41) is 16.2. The highest BCUT2D eigenvalue weighted by atomic mass is 79.9. The quantitative estimate of drug-likeness (QED) is 0.280. The number of carboxylic acids is 1. The number of rotatable bonds is 8. The van der Waals surface area contributed by atoms with Crippen molar-refractivity contribution in [2.24, 2.45) is 22.4 Å². The van der Waals surface area contributed by atoms with Gasteiger partial charge in [0.25, 0.3) is 0 Å². The van der Waals surface area contributed by atoms with Crippen molar-refractivity contribution in [3.63, 3.8) is 0 Å². The molecule has 3 atom stereocenters. The number of aliphatic carboxylic acids is 1. The van der Waals surface area contributed by atoms with Gasteiger partial charge in [0.2, 0.25) is 11.8 Å². The lowest BCUT2D eigenvalue weighted by Gasteiger charge is -2.26. The van der Waals surface area contributed by atoms with E-state index in [2.05, 4.69) is 31.6 Å². The van der Waals surface area contributed by atoms with Gasteiger partial charge in [0.1, 0.15) is 0 Å². The van der Waals surface area contributed by atoms with Crippen molar-refractivity contribution < 1.29 is 19.5 Å². The van der Waals surface area contributed by atoms with Gasteiger partial charge in [-0.05, 0) is 41.3 Å². The van der Waals surface area contributed by atoms with E-state index in [1.807, 2.05) is 5.38 Å². The van der Waals surface area contributed by atoms with Gasteiger partial charge in [0.05, 0.1) is 25.0 Å². The Morgan fingerprint density at radius 2 is 2.11 bits per heavy atom. The molecule has 1 aliphatic carbocycles. The molecule has 9 nitrogen and oxygen atoms in total. The Kier molecular flexibility index (Phi) is 8.24. The van der Waals surface area contributed by atoms with Crippen molar-refractivity contribution in [2.75, 3.05) is 6.54 Å². The Morgan fingerprint density at radius 3 is 2.71 bits per heavy atom. The molecule has 11 heteroatoms. The first kappa shape index (κ1) is 22.2. The number of carboxylic acid groups (broad SMARTS) is 1. The lowest BCUT2D eigenvalue weighted by Crippen LogP contribution is -2.42. The number of aliphatic imine (C=N–C) groups is 1. The second kappa shape index (κ2) is 10.4. The van der Waals surface area contributed by atoms with E-state index >= 15 is 0 Å². The molecule has 3 unspecified atom stereocenters. The molecule has 2 amide bonds. The van der Waals surface area contributed by atoms with Gasteiger partial charge in [-0.1, -0.05) is 6.42 Å². The predicted molar refractivity (Wildman–Crippen MR) is 110 cm³/mol. The summed E-state index contributed by atoms with van der Waals surface area (Å²) in [5.74, 6) is -1.93. The van der Waals surface area contributed by atoms with E-state index in [-0.39, 0.29) is 36.8 Å². The molecule has 0 bridgehead atoms. The fourth-order valence-electron chi connectivity index (χ4n) is 3.20. The minimum atomic E-state index is -1.02. The topological polar surface area (TPSA) is 160 Å². The van der Waals surface area contributed by atoms with Gasteiger partial charge >= 0.3 is 5.97 Å². The number of halogens is 1. The van der Waals surface area contributed by atoms with Crippen molar-refractivity contribution in [3.05, 3.63) is 20.8 Å². The molecule has 0 spiro atoms. The van der Waals surface area contributed by atoms with Gasteiger partial charge in [-0.15, -0.1) is 11.3 Å². The Labute approximate surface area is 175 Å². The molecule has 28 heavy (non-hydrogen) atoms. The van der Waals surface area contributed by atoms with E-state index in [1.165, 1.54) is 11.3 Å². The molecular formula is C17H24BrN5O4S. The highest BCUT2D eigenvalue weighted by Crippen LogP contribution is 2.28. The molecule has 0 aromatic carbocycles. The van der Waals surface area contributed by atoms with Crippen LogP contribution in [0.4, 0.5) is 0 Å². The van der Waals surface area contributed by atoms with Crippen LogP contribution < -0.4 is 22.1 Å². The van der Waals surface area contributed by atoms with Crippen LogP contribution in [-0.2, 0) is 14.4 Å². The van der Waals surface area contributed by atoms with Crippen molar-refractivity contribution in [1.29, 1.82) is 0 Å². The number of carbonyl (C=O) groups is 3. The first-order valence-electron chi connectivity index (χ1n) is 8.86.